The van der Waals surface area contributed by atoms with Crippen molar-refractivity contribution in [2.45, 2.75) is 66.0 Å². The van der Waals surface area contributed by atoms with E-state index in [0.29, 0.717) is 12.5 Å². The highest BCUT2D eigenvalue weighted by atomic mass is 16.5. The number of aliphatic imine (C=N–C) groups is 1. The van der Waals surface area contributed by atoms with Gasteiger partial charge in [0.05, 0.1) is 18.3 Å². The lowest BCUT2D eigenvalue weighted by Crippen LogP contribution is -2.42. The average Bonchev–Trinajstić information content (AvgIpc) is 3.18. The molecule has 0 aliphatic carbocycles. The molecule has 1 fully saturated rings. The Hall–Kier alpha value is -2.34. The van der Waals surface area contributed by atoms with Gasteiger partial charge in [-0.05, 0) is 38.7 Å². The van der Waals surface area contributed by atoms with E-state index >= 15 is 0 Å². The first-order valence-electron chi connectivity index (χ1n) is 11.3. The predicted octanol–water partition coefficient (Wildman–Crippen LogP) is 4.33. The van der Waals surface area contributed by atoms with E-state index in [1.165, 1.54) is 11.1 Å². The summed E-state index contributed by atoms with van der Waals surface area (Å²) >= 11 is 0. The van der Waals surface area contributed by atoms with Crippen LogP contribution in [0.4, 0.5) is 0 Å². The van der Waals surface area contributed by atoms with Gasteiger partial charge in [0.1, 0.15) is 5.76 Å². The fourth-order valence-corrected chi connectivity index (χ4v) is 4.02. The lowest BCUT2D eigenvalue weighted by molar-refractivity contribution is -0.0265. The van der Waals surface area contributed by atoms with Gasteiger partial charge in [-0.3, -0.25) is 0 Å². The van der Waals surface area contributed by atoms with Crippen LogP contribution in [-0.2, 0) is 24.1 Å². The summed E-state index contributed by atoms with van der Waals surface area (Å²) in [5.74, 6) is 2.18. The van der Waals surface area contributed by atoms with Crippen molar-refractivity contribution in [3.8, 4) is 0 Å². The zero-order chi connectivity index (χ0) is 21.3. The maximum atomic E-state index is 6.17. The van der Waals surface area contributed by atoms with Crippen LogP contribution in [0.1, 0.15) is 67.9 Å². The largest absolute Gasteiger partial charge is 0.373 e. The lowest BCUT2D eigenvalue weighted by atomic mass is 9.89. The molecule has 164 valence electrons. The van der Waals surface area contributed by atoms with Gasteiger partial charge in [-0.2, -0.15) is 0 Å². The molecule has 1 aromatic carbocycles. The Kier molecular flexibility index (Phi) is 8.31. The summed E-state index contributed by atoms with van der Waals surface area (Å²) in [5, 5.41) is 11.1. The molecule has 1 aliphatic heterocycles. The number of aromatic nitrogens is 1. The molecular weight excluding hydrogens is 376 g/mol. The minimum atomic E-state index is 0.131. The minimum absolute atomic E-state index is 0.131. The van der Waals surface area contributed by atoms with Crippen molar-refractivity contribution in [3.63, 3.8) is 0 Å². The Labute approximate surface area is 180 Å². The van der Waals surface area contributed by atoms with Gasteiger partial charge in [0.2, 0.25) is 0 Å². The van der Waals surface area contributed by atoms with E-state index in [4.69, 9.17) is 14.3 Å². The molecule has 2 atom stereocenters. The number of nitrogens with one attached hydrogen (secondary N) is 2. The summed E-state index contributed by atoms with van der Waals surface area (Å²) < 4.78 is 11.6. The summed E-state index contributed by atoms with van der Waals surface area (Å²) in [6.07, 6.45) is 4.07. The topological polar surface area (TPSA) is 71.7 Å². The molecule has 30 heavy (non-hydrogen) atoms. The van der Waals surface area contributed by atoms with Gasteiger partial charge in [0.25, 0.3) is 0 Å². The van der Waals surface area contributed by atoms with Crippen molar-refractivity contribution in [2.75, 3.05) is 19.7 Å². The first-order chi connectivity index (χ1) is 14.7. The highest BCUT2D eigenvalue weighted by molar-refractivity contribution is 5.79. The Morgan fingerprint density at radius 2 is 1.93 bits per heavy atom. The highest BCUT2D eigenvalue weighted by Gasteiger charge is 2.27. The average molecular weight is 413 g/mol. The molecule has 6 heteroatoms. The number of rotatable bonds is 8. The summed E-state index contributed by atoms with van der Waals surface area (Å²) in [6, 6.07) is 8.72. The van der Waals surface area contributed by atoms with Crippen LogP contribution in [-0.4, -0.2) is 30.8 Å². The van der Waals surface area contributed by atoms with E-state index in [9.17, 15) is 0 Å². The van der Waals surface area contributed by atoms with Crippen molar-refractivity contribution in [1.29, 1.82) is 0 Å². The zero-order valence-electron chi connectivity index (χ0n) is 18.8. The van der Waals surface area contributed by atoms with E-state index in [-0.39, 0.29) is 6.10 Å². The van der Waals surface area contributed by atoms with Gasteiger partial charge in [0.15, 0.2) is 5.96 Å². The van der Waals surface area contributed by atoms with Crippen molar-refractivity contribution in [1.82, 2.24) is 15.8 Å². The summed E-state index contributed by atoms with van der Waals surface area (Å²) in [4.78, 5) is 4.82. The molecule has 1 aromatic heterocycles. The van der Waals surface area contributed by atoms with Gasteiger partial charge in [-0.15, -0.1) is 0 Å². The molecular formula is C24H36N4O2. The molecule has 0 saturated carbocycles. The van der Waals surface area contributed by atoms with Gasteiger partial charge in [-0.25, -0.2) is 4.99 Å². The summed E-state index contributed by atoms with van der Waals surface area (Å²) in [6.45, 7) is 11.4. The van der Waals surface area contributed by atoms with Gasteiger partial charge < -0.3 is 19.9 Å². The van der Waals surface area contributed by atoms with Crippen LogP contribution in [0.5, 0.6) is 0 Å². The molecule has 0 spiro atoms. The SMILES string of the molecule is CCNC(=NCc1c(CC)noc1CC)NCC1CCCOC1c1ccc(C)cc1. The van der Waals surface area contributed by atoms with E-state index in [0.717, 1.165) is 68.4 Å². The van der Waals surface area contributed by atoms with Crippen LogP contribution in [0, 0.1) is 12.8 Å². The van der Waals surface area contributed by atoms with E-state index in [2.05, 4.69) is 67.8 Å². The lowest BCUT2D eigenvalue weighted by Gasteiger charge is -2.32. The standard InChI is InChI=1S/C24H36N4O2/c1-5-21-20(22(6-2)30-28-21)16-27-24(25-7-3)26-15-19-9-8-14-29-23(19)18-12-10-17(4)11-13-18/h10-13,19,23H,5-9,14-16H2,1-4H3,(H2,25,26,27). The second-order valence-corrected chi connectivity index (χ2v) is 7.92. The normalized spacial score (nSPS) is 19.7. The third-order valence-corrected chi connectivity index (χ3v) is 5.73. The summed E-state index contributed by atoms with van der Waals surface area (Å²) in [5.41, 5.74) is 4.67. The molecule has 6 nitrogen and oxygen atoms in total. The Morgan fingerprint density at radius 3 is 2.63 bits per heavy atom. The first-order valence-corrected chi connectivity index (χ1v) is 11.3. The van der Waals surface area contributed by atoms with Gasteiger partial charge in [0, 0.05) is 37.6 Å². The van der Waals surface area contributed by atoms with Crippen molar-refractivity contribution >= 4 is 5.96 Å². The molecule has 1 saturated heterocycles. The number of hydrogen-bond acceptors (Lipinski definition) is 4. The minimum Gasteiger partial charge on any atom is -0.373 e. The molecule has 2 aromatic rings. The molecule has 3 rings (SSSR count). The summed E-state index contributed by atoms with van der Waals surface area (Å²) in [7, 11) is 0. The first kappa shape index (κ1) is 22.3. The molecule has 0 radical (unpaired) electrons. The zero-order valence-corrected chi connectivity index (χ0v) is 18.8. The molecule has 0 amide bonds. The second-order valence-electron chi connectivity index (χ2n) is 7.92. The number of nitrogens with zero attached hydrogens (tertiary/aromatic N) is 2. The Balaban J connectivity index is 1.67. The van der Waals surface area contributed by atoms with E-state index in [1.807, 2.05) is 0 Å². The number of hydrogen-bond donors (Lipinski definition) is 2. The number of guanidine groups is 1. The monoisotopic (exact) mass is 412 g/mol. The molecule has 1 aliphatic rings. The third-order valence-electron chi connectivity index (χ3n) is 5.73. The molecule has 2 N–H and O–H groups in total. The quantitative estimate of drug-likeness (QED) is 0.499. The van der Waals surface area contributed by atoms with Crippen LogP contribution in [0.2, 0.25) is 0 Å². The molecule has 0 bridgehead atoms. The van der Waals surface area contributed by atoms with Crippen LogP contribution in [0.3, 0.4) is 0 Å². The molecule has 2 heterocycles. The maximum absolute atomic E-state index is 6.17. The molecule has 2 unspecified atom stereocenters. The van der Waals surface area contributed by atoms with Gasteiger partial charge in [-0.1, -0.05) is 48.8 Å². The number of benzene rings is 1. The predicted molar refractivity (Wildman–Crippen MR) is 121 cm³/mol. The van der Waals surface area contributed by atoms with Crippen LogP contribution >= 0.6 is 0 Å². The van der Waals surface area contributed by atoms with Crippen molar-refractivity contribution in [2.24, 2.45) is 10.9 Å². The fraction of sp³-hybridized carbons (Fsp3) is 0.583. The Bertz CT molecular complexity index is 792. The van der Waals surface area contributed by atoms with Crippen molar-refractivity contribution in [3.05, 3.63) is 52.4 Å². The van der Waals surface area contributed by atoms with Gasteiger partial charge >= 0.3 is 0 Å². The van der Waals surface area contributed by atoms with Crippen LogP contribution in [0.25, 0.3) is 0 Å². The van der Waals surface area contributed by atoms with Crippen molar-refractivity contribution < 1.29 is 9.26 Å². The van der Waals surface area contributed by atoms with E-state index in [1.54, 1.807) is 0 Å². The smallest absolute Gasteiger partial charge is 0.191 e. The number of aryl methyl sites for hydroxylation is 3. The maximum Gasteiger partial charge on any atom is 0.191 e. The third kappa shape index (κ3) is 5.63. The number of ether oxygens (including phenoxy) is 1. The second kappa shape index (κ2) is 11.2. The fourth-order valence-electron chi connectivity index (χ4n) is 4.02. The highest BCUT2D eigenvalue weighted by Crippen LogP contribution is 2.33. The van der Waals surface area contributed by atoms with E-state index < -0.39 is 0 Å². The van der Waals surface area contributed by atoms with Crippen LogP contribution < -0.4 is 10.6 Å². The van der Waals surface area contributed by atoms with Crippen LogP contribution in [0.15, 0.2) is 33.8 Å². The Morgan fingerprint density at radius 1 is 1.13 bits per heavy atom.